The highest BCUT2D eigenvalue weighted by Gasteiger charge is 2.26. The molecule has 0 saturated heterocycles. The number of nitrogens with zero attached hydrogens (tertiary/aromatic N) is 3. The van der Waals surface area contributed by atoms with E-state index in [1.807, 2.05) is 49.0 Å². The number of aromatic nitrogens is 4. The van der Waals surface area contributed by atoms with Crippen molar-refractivity contribution in [2.24, 2.45) is 7.05 Å². The first-order chi connectivity index (χ1) is 12.6. The van der Waals surface area contributed by atoms with Gasteiger partial charge in [0.1, 0.15) is 11.9 Å². The molecule has 1 aromatic carbocycles. The number of carbonyl (C=O) groups excluding carboxylic acids is 1. The van der Waals surface area contributed by atoms with Crippen LogP contribution in [0.15, 0.2) is 36.7 Å². The number of hydrogen-bond acceptors (Lipinski definition) is 4. The highest BCUT2D eigenvalue weighted by Crippen LogP contribution is 2.23. The van der Waals surface area contributed by atoms with E-state index < -0.39 is 0 Å². The van der Waals surface area contributed by atoms with Crippen LogP contribution in [0, 0.1) is 6.92 Å². The molecular weight excluding hydrogens is 328 g/mol. The van der Waals surface area contributed by atoms with Gasteiger partial charge >= 0.3 is 0 Å². The first-order valence-corrected chi connectivity index (χ1v) is 8.75. The van der Waals surface area contributed by atoms with Gasteiger partial charge in [-0.15, -0.1) is 0 Å². The largest absolute Gasteiger partial charge is 0.337 e. The summed E-state index contributed by atoms with van der Waals surface area (Å²) in [6.07, 6.45) is 4.47. The third-order valence-corrected chi connectivity index (χ3v) is 4.82. The number of nitrogens with one attached hydrogen (secondary N) is 3. The Morgan fingerprint density at radius 2 is 2.12 bits per heavy atom. The van der Waals surface area contributed by atoms with Crippen LogP contribution in [0.25, 0.3) is 0 Å². The number of rotatable bonds is 4. The first kappa shape index (κ1) is 16.5. The molecule has 2 aromatic heterocycles. The zero-order chi connectivity index (χ0) is 18.1. The van der Waals surface area contributed by atoms with E-state index in [2.05, 4.69) is 25.8 Å². The van der Waals surface area contributed by atoms with Crippen LogP contribution in [-0.2, 0) is 20.0 Å². The van der Waals surface area contributed by atoms with Gasteiger partial charge in [0.15, 0.2) is 5.69 Å². The second-order valence-corrected chi connectivity index (χ2v) is 6.67. The summed E-state index contributed by atoms with van der Waals surface area (Å²) in [6.45, 7) is 3.60. The van der Waals surface area contributed by atoms with E-state index in [1.165, 1.54) is 5.56 Å². The van der Waals surface area contributed by atoms with Gasteiger partial charge < -0.3 is 15.2 Å². The molecule has 0 spiro atoms. The molecule has 134 valence electrons. The molecule has 0 fully saturated rings. The topological polar surface area (TPSA) is 87.6 Å². The maximum atomic E-state index is 13.0. The number of aryl methyl sites for hydroxylation is 2. The third-order valence-electron chi connectivity index (χ3n) is 4.82. The van der Waals surface area contributed by atoms with Crippen molar-refractivity contribution in [3.63, 3.8) is 0 Å². The number of H-pyrrole nitrogens is 1. The zero-order valence-electron chi connectivity index (χ0n) is 14.9. The fourth-order valence-corrected chi connectivity index (χ4v) is 3.32. The number of aromatic amines is 1. The smallest absolute Gasteiger partial charge is 0.272 e. The monoisotopic (exact) mass is 350 g/mol. The van der Waals surface area contributed by atoms with Gasteiger partial charge in [-0.3, -0.25) is 9.89 Å². The highest BCUT2D eigenvalue weighted by atomic mass is 16.2. The lowest BCUT2D eigenvalue weighted by Crippen LogP contribution is -2.33. The van der Waals surface area contributed by atoms with Crippen molar-refractivity contribution in [3.05, 3.63) is 70.6 Å². The number of hydrogen-bond donors (Lipinski definition) is 3. The molecule has 0 bridgehead atoms. The highest BCUT2D eigenvalue weighted by molar-refractivity contribution is 5.94. The number of fused-ring (bicyclic) bond motifs is 1. The van der Waals surface area contributed by atoms with E-state index in [4.69, 9.17) is 0 Å². The Morgan fingerprint density at radius 3 is 2.85 bits per heavy atom. The molecule has 3 N–H and O–H groups in total. The Bertz CT molecular complexity index is 924. The summed E-state index contributed by atoms with van der Waals surface area (Å²) in [6, 6.07) is 7.79. The van der Waals surface area contributed by atoms with Crippen molar-refractivity contribution in [2.75, 3.05) is 6.54 Å². The van der Waals surface area contributed by atoms with Crippen LogP contribution in [0.3, 0.4) is 0 Å². The average Bonchev–Trinajstić information content (AvgIpc) is 3.26. The summed E-state index contributed by atoms with van der Waals surface area (Å²) in [7, 11) is 1.93. The van der Waals surface area contributed by atoms with Gasteiger partial charge in [0, 0.05) is 50.2 Å². The molecule has 7 heteroatoms. The van der Waals surface area contributed by atoms with Crippen molar-refractivity contribution in [1.82, 2.24) is 30.4 Å². The van der Waals surface area contributed by atoms with Gasteiger partial charge in [0.2, 0.25) is 0 Å². The number of amides is 1. The van der Waals surface area contributed by atoms with Crippen molar-refractivity contribution in [2.45, 2.75) is 25.9 Å². The number of carbonyl (C=O) groups is 1. The lowest BCUT2D eigenvalue weighted by molar-refractivity contribution is 0.0935. The summed E-state index contributed by atoms with van der Waals surface area (Å²) < 4.78 is 1.92. The van der Waals surface area contributed by atoms with Gasteiger partial charge in [-0.2, -0.15) is 5.10 Å². The molecule has 0 saturated carbocycles. The lowest BCUT2D eigenvalue weighted by Gasteiger charge is -2.20. The van der Waals surface area contributed by atoms with E-state index in [1.54, 1.807) is 6.20 Å². The molecule has 1 unspecified atom stereocenters. The van der Waals surface area contributed by atoms with Crippen molar-refractivity contribution >= 4 is 5.91 Å². The normalized spacial score (nSPS) is 14.7. The predicted octanol–water partition coefficient (Wildman–Crippen LogP) is 1.62. The van der Waals surface area contributed by atoms with Gasteiger partial charge in [0.05, 0.1) is 0 Å². The van der Waals surface area contributed by atoms with Crippen molar-refractivity contribution < 1.29 is 4.79 Å². The van der Waals surface area contributed by atoms with Crippen LogP contribution in [-0.4, -0.2) is 32.2 Å². The van der Waals surface area contributed by atoms with E-state index >= 15 is 0 Å². The molecule has 1 aliphatic rings. The van der Waals surface area contributed by atoms with Crippen LogP contribution in [0.1, 0.15) is 44.7 Å². The van der Waals surface area contributed by atoms with Gasteiger partial charge in [-0.1, -0.05) is 29.8 Å². The molecular formula is C19H22N6O. The molecule has 0 radical (unpaired) electrons. The second-order valence-electron chi connectivity index (χ2n) is 6.67. The fraction of sp³-hybridized carbons (Fsp3) is 0.316. The maximum absolute atomic E-state index is 13.0. The van der Waals surface area contributed by atoms with Crippen LogP contribution in [0.5, 0.6) is 0 Å². The lowest BCUT2D eigenvalue weighted by atomic mass is 10.0. The van der Waals surface area contributed by atoms with Crippen LogP contribution >= 0.6 is 0 Å². The third kappa shape index (κ3) is 3.01. The van der Waals surface area contributed by atoms with Crippen LogP contribution in [0.2, 0.25) is 0 Å². The van der Waals surface area contributed by atoms with E-state index in [9.17, 15) is 4.79 Å². The molecule has 1 atom stereocenters. The Labute approximate surface area is 151 Å². The van der Waals surface area contributed by atoms with E-state index in [0.29, 0.717) is 12.2 Å². The van der Waals surface area contributed by atoms with Crippen molar-refractivity contribution in [1.29, 1.82) is 0 Å². The Kier molecular flexibility index (Phi) is 4.30. The number of imidazole rings is 1. The van der Waals surface area contributed by atoms with E-state index in [-0.39, 0.29) is 11.9 Å². The molecule has 1 aliphatic heterocycles. The Balaban J connectivity index is 1.67. The molecule has 0 aliphatic carbocycles. The minimum absolute atomic E-state index is 0.195. The fourth-order valence-electron chi connectivity index (χ4n) is 3.32. The Morgan fingerprint density at radius 1 is 1.31 bits per heavy atom. The quantitative estimate of drug-likeness (QED) is 0.667. The van der Waals surface area contributed by atoms with Crippen LogP contribution in [0.4, 0.5) is 0 Å². The SMILES string of the molecule is Cc1ccc(C(NC(=O)c2n[nH]c3c2CNCC3)c2nccn2C)cc1. The summed E-state index contributed by atoms with van der Waals surface area (Å²) in [5, 5.41) is 13.7. The summed E-state index contributed by atoms with van der Waals surface area (Å²) in [5.41, 5.74) is 4.61. The molecule has 26 heavy (non-hydrogen) atoms. The molecule has 4 rings (SSSR count). The zero-order valence-corrected chi connectivity index (χ0v) is 14.9. The minimum Gasteiger partial charge on any atom is -0.337 e. The van der Waals surface area contributed by atoms with Gasteiger partial charge in [-0.25, -0.2) is 4.98 Å². The molecule has 3 heterocycles. The number of benzene rings is 1. The summed E-state index contributed by atoms with van der Waals surface area (Å²) in [5.74, 6) is 0.588. The molecule has 1 amide bonds. The van der Waals surface area contributed by atoms with Gasteiger partial charge in [-0.05, 0) is 12.5 Å². The second kappa shape index (κ2) is 6.76. The van der Waals surface area contributed by atoms with Crippen LogP contribution < -0.4 is 10.6 Å². The minimum atomic E-state index is -0.341. The Hall–Kier alpha value is -2.93. The van der Waals surface area contributed by atoms with Crippen molar-refractivity contribution in [3.8, 4) is 0 Å². The predicted molar refractivity (Wildman–Crippen MR) is 97.7 cm³/mol. The van der Waals surface area contributed by atoms with E-state index in [0.717, 1.165) is 35.6 Å². The molecule has 3 aromatic rings. The summed E-state index contributed by atoms with van der Waals surface area (Å²) >= 11 is 0. The standard InChI is InChI=1S/C19H22N6O/c1-12-3-5-13(6-4-12)16(18-21-9-10-25(18)2)22-19(26)17-14-11-20-8-7-15(14)23-24-17/h3-6,9-10,16,20H,7-8,11H2,1-2H3,(H,22,26)(H,23,24). The first-order valence-electron chi connectivity index (χ1n) is 8.75. The maximum Gasteiger partial charge on any atom is 0.272 e. The summed E-state index contributed by atoms with van der Waals surface area (Å²) in [4.78, 5) is 17.4. The molecule has 7 nitrogen and oxygen atoms in total. The van der Waals surface area contributed by atoms with Gasteiger partial charge in [0.25, 0.3) is 5.91 Å². The average molecular weight is 350 g/mol.